The van der Waals surface area contributed by atoms with Gasteiger partial charge >= 0.3 is 0 Å². The number of amides is 1. The number of aromatic nitrogens is 4. The first-order chi connectivity index (χ1) is 13.7. The number of carbonyl (C=O) groups excluding carboxylic acids is 1. The van der Waals surface area contributed by atoms with E-state index in [1.165, 1.54) is 0 Å². The Hall–Kier alpha value is -3.67. The molecular weight excluding hydrogens is 350 g/mol. The van der Waals surface area contributed by atoms with Gasteiger partial charge in [0.05, 0.1) is 5.52 Å². The summed E-state index contributed by atoms with van der Waals surface area (Å²) in [5, 5.41) is 0.907. The van der Waals surface area contributed by atoms with Gasteiger partial charge in [0, 0.05) is 56.2 Å². The van der Waals surface area contributed by atoms with Crippen LogP contribution in [0.1, 0.15) is 16.1 Å². The van der Waals surface area contributed by atoms with Gasteiger partial charge in [-0.05, 0) is 59.5 Å². The summed E-state index contributed by atoms with van der Waals surface area (Å²) in [6.45, 7) is 0.601. The number of fused-ring (bicyclic) bond motifs is 1. The Labute approximate surface area is 162 Å². The van der Waals surface area contributed by atoms with Gasteiger partial charge in [0.25, 0.3) is 5.91 Å². The SMILES string of the molecule is CN(CCc1ccncc1)C(=O)c1cc(-c2ccncc2)c2cnccc2n1. The summed E-state index contributed by atoms with van der Waals surface area (Å²) < 4.78 is 0. The third kappa shape index (κ3) is 3.71. The first kappa shape index (κ1) is 17.7. The number of hydrogen-bond acceptors (Lipinski definition) is 5. The zero-order valence-electron chi connectivity index (χ0n) is 15.5. The fourth-order valence-electron chi connectivity index (χ4n) is 3.09. The lowest BCUT2D eigenvalue weighted by Crippen LogP contribution is -2.29. The first-order valence-electron chi connectivity index (χ1n) is 9.02. The molecule has 0 atom stereocenters. The van der Waals surface area contributed by atoms with E-state index in [1.54, 1.807) is 49.1 Å². The summed E-state index contributed by atoms with van der Waals surface area (Å²) in [5.74, 6) is -0.108. The molecular formula is C22H19N5O. The summed E-state index contributed by atoms with van der Waals surface area (Å²) in [6.07, 6.45) is 11.2. The van der Waals surface area contributed by atoms with E-state index in [0.29, 0.717) is 12.2 Å². The third-order valence-corrected chi connectivity index (χ3v) is 4.65. The predicted octanol–water partition coefficient (Wildman–Crippen LogP) is 3.40. The topological polar surface area (TPSA) is 71.9 Å². The lowest BCUT2D eigenvalue weighted by Gasteiger charge is -2.18. The lowest BCUT2D eigenvalue weighted by atomic mass is 10.0. The van der Waals surface area contributed by atoms with E-state index in [2.05, 4.69) is 19.9 Å². The Kier molecular flexibility index (Phi) is 5.01. The molecule has 28 heavy (non-hydrogen) atoms. The number of hydrogen-bond donors (Lipinski definition) is 0. The van der Waals surface area contributed by atoms with E-state index in [0.717, 1.165) is 34.0 Å². The minimum absolute atomic E-state index is 0.108. The van der Waals surface area contributed by atoms with Gasteiger partial charge in [-0.1, -0.05) is 0 Å². The van der Waals surface area contributed by atoms with Crippen molar-refractivity contribution in [2.24, 2.45) is 0 Å². The van der Waals surface area contributed by atoms with Crippen molar-refractivity contribution >= 4 is 16.8 Å². The second-order valence-corrected chi connectivity index (χ2v) is 6.52. The van der Waals surface area contributed by atoms with E-state index < -0.39 is 0 Å². The molecule has 0 spiro atoms. The lowest BCUT2D eigenvalue weighted by molar-refractivity contribution is 0.0791. The van der Waals surface area contributed by atoms with Crippen LogP contribution in [-0.4, -0.2) is 44.3 Å². The molecule has 0 aliphatic heterocycles. The van der Waals surface area contributed by atoms with Crippen molar-refractivity contribution < 1.29 is 4.79 Å². The number of likely N-dealkylation sites (N-methyl/N-ethyl adjacent to an activating group) is 1. The van der Waals surface area contributed by atoms with Gasteiger partial charge in [0.2, 0.25) is 0 Å². The standard InChI is InChI=1S/C22H19N5O/c1-27(13-7-16-2-8-23-9-3-16)22(28)21-14-18(17-4-10-24-11-5-17)19-15-25-12-6-20(19)26-21/h2-6,8-12,14-15H,7,13H2,1H3. The van der Waals surface area contributed by atoms with Crippen LogP contribution in [0.3, 0.4) is 0 Å². The highest BCUT2D eigenvalue weighted by Gasteiger charge is 2.17. The van der Waals surface area contributed by atoms with Crippen molar-refractivity contribution in [3.8, 4) is 11.1 Å². The fraction of sp³-hybridized carbons (Fsp3) is 0.136. The normalized spacial score (nSPS) is 10.8. The van der Waals surface area contributed by atoms with Crippen LogP contribution in [0.25, 0.3) is 22.0 Å². The molecule has 4 heterocycles. The van der Waals surface area contributed by atoms with Crippen molar-refractivity contribution in [3.05, 3.63) is 84.8 Å². The first-order valence-corrected chi connectivity index (χ1v) is 9.02. The molecule has 6 nitrogen and oxygen atoms in total. The van der Waals surface area contributed by atoms with Gasteiger partial charge in [0.15, 0.2) is 0 Å². The average Bonchev–Trinajstić information content (AvgIpc) is 2.77. The highest BCUT2D eigenvalue weighted by molar-refractivity contribution is 6.00. The van der Waals surface area contributed by atoms with Crippen LogP contribution in [-0.2, 0) is 6.42 Å². The van der Waals surface area contributed by atoms with Crippen LogP contribution in [0.2, 0.25) is 0 Å². The maximum Gasteiger partial charge on any atom is 0.272 e. The van der Waals surface area contributed by atoms with Crippen LogP contribution in [0, 0.1) is 0 Å². The summed E-state index contributed by atoms with van der Waals surface area (Å²) in [6, 6.07) is 11.4. The zero-order chi connectivity index (χ0) is 19.3. The minimum Gasteiger partial charge on any atom is -0.340 e. The van der Waals surface area contributed by atoms with Crippen LogP contribution in [0.5, 0.6) is 0 Å². The van der Waals surface area contributed by atoms with Crippen molar-refractivity contribution in [1.82, 2.24) is 24.8 Å². The van der Waals surface area contributed by atoms with Crippen LogP contribution >= 0.6 is 0 Å². The van der Waals surface area contributed by atoms with Gasteiger partial charge in [-0.25, -0.2) is 4.98 Å². The Morgan fingerprint density at radius 2 is 1.61 bits per heavy atom. The number of pyridine rings is 4. The largest absolute Gasteiger partial charge is 0.340 e. The van der Waals surface area contributed by atoms with Crippen molar-refractivity contribution in [3.63, 3.8) is 0 Å². The molecule has 0 N–H and O–H groups in total. The Morgan fingerprint density at radius 1 is 0.929 bits per heavy atom. The van der Waals surface area contributed by atoms with E-state index in [1.807, 2.05) is 36.4 Å². The van der Waals surface area contributed by atoms with E-state index >= 15 is 0 Å². The van der Waals surface area contributed by atoms with Gasteiger partial charge in [-0.2, -0.15) is 0 Å². The molecule has 4 rings (SSSR count). The highest BCUT2D eigenvalue weighted by Crippen LogP contribution is 2.28. The molecule has 0 saturated heterocycles. The molecule has 0 fully saturated rings. The summed E-state index contributed by atoms with van der Waals surface area (Å²) >= 11 is 0. The number of rotatable bonds is 5. The smallest absolute Gasteiger partial charge is 0.272 e. The molecule has 0 saturated carbocycles. The Balaban J connectivity index is 1.65. The molecule has 0 bridgehead atoms. The van der Waals surface area contributed by atoms with Crippen LogP contribution < -0.4 is 0 Å². The predicted molar refractivity (Wildman–Crippen MR) is 108 cm³/mol. The van der Waals surface area contributed by atoms with Crippen molar-refractivity contribution in [2.75, 3.05) is 13.6 Å². The fourth-order valence-corrected chi connectivity index (χ4v) is 3.09. The Bertz CT molecular complexity index is 1100. The van der Waals surface area contributed by atoms with E-state index in [-0.39, 0.29) is 5.91 Å². The molecule has 0 aliphatic carbocycles. The average molecular weight is 369 g/mol. The molecule has 6 heteroatoms. The second-order valence-electron chi connectivity index (χ2n) is 6.52. The van der Waals surface area contributed by atoms with Crippen molar-refractivity contribution in [1.29, 1.82) is 0 Å². The minimum atomic E-state index is -0.108. The zero-order valence-corrected chi connectivity index (χ0v) is 15.5. The summed E-state index contributed by atoms with van der Waals surface area (Å²) in [7, 11) is 1.80. The number of carbonyl (C=O) groups is 1. The van der Waals surface area contributed by atoms with E-state index in [9.17, 15) is 4.79 Å². The van der Waals surface area contributed by atoms with E-state index in [4.69, 9.17) is 0 Å². The highest BCUT2D eigenvalue weighted by atomic mass is 16.2. The van der Waals surface area contributed by atoms with Crippen LogP contribution in [0.15, 0.2) is 73.6 Å². The van der Waals surface area contributed by atoms with Crippen LogP contribution in [0.4, 0.5) is 0 Å². The van der Waals surface area contributed by atoms with Crippen molar-refractivity contribution in [2.45, 2.75) is 6.42 Å². The summed E-state index contributed by atoms with van der Waals surface area (Å²) in [5.41, 5.74) is 4.21. The molecule has 0 unspecified atom stereocenters. The molecule has 0 aromatic carbocycles. The van der Waals surface area contributed by atoms with Gasteiger partial charge in [-0.15, -0.1) is 0 Å². The molecule has 4 aromatic heterocycles. The number of nitrogens with zero attached hydrogens (tertiary/aromatic N) is 5. The van der Waals surface area contributed by atoms with Gasteiger partial charge < -0.3 is 4.90 Å². The molecule has 1 amide bonds. The maximum absolute atomic E-state index is 13.0. The molecule has 0 aliphatic rings. The van der Waals surface area contributed by atoms with Gasteiger partial charge in [-0.3, -0.25) is 19.7 Å². The monoisotopic (exact) mass is 369 g/mol. The Morgan fingerprint density at radius 3 is 2.36 bits per heavy atom. The molecule has 4 aromatic rings. The molecule has 0 radical (unpaired) electrons. The molecule has 138 valence electrons. The van der Waals surface area contributed by atoms with Gasteiger partial charge in [0.1, 0.15) is 5.69 Å². The quantitative estimate of drug-likeness (QED) is 0.539. The third-order valence-electron chi connectivity index (χ3n) is 4.65. The second kappa shape index (κ2) is 7.92. The summed E-state index contributed by atoms with van der Waals surface area (Å²) in [4.78, 5) is 31.6. The maximum atomic E-state index is 13.0.